The van der Waals surface area contributed by atoms with Gasteiger partial charge in [-0.25, -0.2) is 4.98 Å². The Morgan fingerprint density at radius 3 is 1.57 bits per heavy atom. The third-order valence-electron chi connectivity index (χ3n) is 17.1. The van der Waals surface area contributed by atoms with Crippen molar-refractivity contribution >= 4 is 78.7 Å². The van der Waals surface area contributed by atoms with Gasteiger partial charge in [-0.3, -0.25) is 4.98 Å². The van der Waals surface area contributed by atoms with Crippen LogP contribution >= 0.6 is 0 Å². The molecule has 3 aromatic heterocycles. The topological polar surface area (TPSA) is 52.9 Å². The summed E-state index contributed by atoms with van der Waals surface area (Å²) in [7, 11) is 0. The third kappa shape index (κ3) is 8.35. The minimum Gasteiger partial charge on any atom is -0.509 e. The minimum absolute atomic E-state index is 0. The zero-order valence-corrected chi connectivity index (χ0v) is 50.3. The van der Waals surface area contributed by atoms with Gasteiger partial charge in [-0.15, -0.1) is 48.1 Å². The molecule has 0 atom stereocenters. The molecule has 6 heterocycles. The van der Waals surface area contributed by atoms with Crippen LogP contribution < -0.4 is 24.3 Å². The maximum Gasteiger partial charge on any atom is 0.135 e. The SMILES string of the molecule is CC(C)(C)c1ccnc(-n2c3[c-]c(Oc4[c-]c(N5[CH-]N(c6c(N7c8ccccc8C(C)(C)c8ccccc87)cc(C(C)(C)C)cc6N6c7ccccc7C(C)(C)c7ccccc76)c6cnccc65)ccc4)ccc3c3ccccc32)c1.[Pt]. The van der Waals surface area contributed by atoms with Crippen LogP contribution in [0.3, 0.4) is 0 Å². The fourth-order valence-electron chi connectivity index (χ4n) is 12.8. The maximum atomic E-state index is 6.83. The summed E-state index contributed by atoms with van der Waals surface area (Å²) in [5, 5.41) is 2.20. The van der Waals surface area contributed by atoms with Crippen LogP contribution in [-0.2, 0) is 42.7 Å². The zero-order chi connectivity index (χ0) is 55.7. The average Bonchev–Trinajstić information content (AvgIpc) is 1.61. The Bertz CT molecular complexity index is 4100. The molecule has 8 nitrogen and oxygen atoms in total. The van der Waals surface area contributed by atoms with Crippen molar-refractivity contribution < 1.29 is 25.8 Å². The molecule has 3 aliphatic rings. The third-order valence-corrected chi connectivity index (χ3v) is 17.1. The number of rotatable bonds is 7. The number of fused-ring (bicyclic) bond motifs is 8. The second-order valence-corrected chi connectivity index (χ2v) is 24.9. The van der Waals surface area contributed by atoms with Crippen LogP contribution in [0.25, 0.3) is 27.6 Å². The number of para-hydroxylation sites is 5. The van der Waals surface area contributed by atoms with Gasteiger partial charge in [0.2, 0.25) is 0 Å². The van der Waals surface area contributed by atoms with E-state index in [9.17, 15) is 0 Å². The molecule has 0 fully saturated rings. The molecular weight excluding hydrogens is 1190 g/mol. The number of pyridine rings is 2. The molecule has 0 spiro atoms. The fourth-order valence-corrected chi connectivity index (χ4v) is 12.8. The van der Waals surface area contributed by atoms with Gasteiger partial charge in [0.25, 0.3) is 0 Å². The molecule has 410 valence electrons. The van der Waals surface area contributed by atoms with Crippen molar-refractivity contribution in [3.05, 3.63) is 253 Å². The van der Waals surface area contributed by atoms with E-state index in [1.54, 1.807) is 0 Å². The van der Waals surface area contributed by atoms with Crippen LogP contribution in [-0.4, -0.2) is 14.5 Å². The minimum atomic E-state index is -0.266. The van der Waals surface area contributed by atoms with E-state index in [2.05, 4.69) is 276 Å². The maximum absolute atomic E-state index is 6.83. The normalized spacial score (nSPS) is 14.9. The van der Waals surface area contributed by atoms with E-state index in [0.29, 0.717) is 11.5 Å². The van der Waals surface area contributed by atoms with Crippen LogP contribution in [0.5, 0.6) is 11.5 Å². The summed E-state index contributed by atoms with van der Waals surface area (Å²) in [6.07, 6.45) is 5.78. The Kier molecular flexibility index (Phi) is 12.5. The van der Waals surface area contributed by atoms with Crippen LogP contribution in [0.4, 0.5) is 56.9 Å². The van der Waals surface area contributed by atoms with Gasteiger partial charge in [-0.2, -0.15) is 12.1 Å². The van der Waals surface area contributed by atoms with Gasteiger partial charge in [0, 0.05) is 67.0 Å². The van der Waals surface area contributed by atoms with Gasteiger partial charge in [0.15, 0.2) is 0 Å². The van der Waals surface area contributed by atoms with Crippen LogP contribution in [0.15, 0.2) is 201 Å². The van der Waals surface area contributed by atoms with E-state index in [1.807, 2.05) is 36.8 Å². The van der Waals surface area contributed by atoms with Crippen molar-refractivity contribution in [2.24, 2.45) is 0 Å². The molecule has 0 N–H and O–H groups in total. The van der Waals surface area contributed by atoms with Crippen molar-refractivity contribution in [2.45, 2.75) is 90.9 Å². The molecule has 9 heteroatoms. The first-order chi connectivity index (χ1) is 39.0. The van der Waals surface area contributed by atoms with Gasteiger partial charge < -0.3 is 28.9 Å². The number of benzene rings is 8. The molecule has 0 saturated heterocycles. The van der Waals surface area contributed by atoms with Gasteiger partial charge in [-0.1, -0.05) is 166 Å². The van der Waals surface area contributed by atoms with Gasteiger partial charge in [0.05, 0.1) is 51.7 Å². The predicted octanol–water partition coefficient (Wildman–Crippen LogP) is 19.2. The number of nitrogens with zero attached hydrogens (tertiary/aromatic N) is 7. The number of ether oxygens (including phenoxy) is 1. The smallest absolute Gasteiger partial charge is 0.135 e. The summed E-state index contributed by atoms with van der Waals surface area (Å²) in [4.78, 5) is 19.4. The van der Waals surface area contributed by atoms with Gasteiger partial charge >= 0.3 is 0 Å². The van der Waals surface area contributed by atoms with Gasteiger partial charge in [-0.05, 0) is 110 Å². The average molecular weight is 1250 g/mol. The molecular formula is C73H64N7OPt-3. The summed E-state index contributed by atoms with van der Waals surface area (Å²) in [6.45, 7) is 25.3. The monoisotopic (exact) mass is 1250 g/mol. The van der Waals surface area contributed by atoms with Crippen molar-refractivity contribution in [1.29, 1.82) is 0 Å². The van der Waals surface area contributed by atoms with E-state index < -0.39 is 0 Å². The Labute approximate surface area is 496 Å². The second-order valence-electron chi connectivity index (χ2n) is 24.9. The van der Waals surface area contributed by atoms with Crippen molar-refractivity contribution in [3.63, 3.8) is 0 Å². The fraction of sp³-hybridized carbons (Fsp3) is 0.192. The van der Waals surface area contributed by atoms with Gasteiger partial charge in [0.1, 0.15) is 5.82 Å². The van der Waals surface area contributed by atoms with E-state index in [4.69, 9.17) is 14.7 Å². The summed E-state index contributed by atoms with van der Waals surface area (Å²) in [6, 6.07) is 73.2. The number of hydrogen-bond acceptors (Lipinski definition) is 7. The Morgan fingerprint density at radius 2 is 1.00 bits per heavy atom. The van der Waals surface area contributed by atoms with Crippen LogP contribution in [0, 0.1) is 18.8 Å². The first-order valence-electron chi connectivity index (χ1n) is 28.1. The summed E-state index contributed by atoms with van der Waals surface area (Å²) < 4.78 is 9.04. The first-order valence-corrected chi connectivity index (χ1v) is 28.1. The van der Waals surface area contributed by atoms with E-state index in [0.717, 1.165) is 84.5 Å². The van der Waals surface area contributed by atoms with Crippen molar-refractivity contribution in [1.82, 2.24) is 14.5 Å². The predicted molar refractivity (Wildman–Crippen MR) is 333 cm³/mol. The largest absolute Gasteiger partial charge is 0.509 e. The quantitative estimate of drug-likeness (QED) is 0.147. The van der Waals surface area contributed by atoms with E-state index in [-0.39, 0.29) is 42.7 Å². The molecule has 0 unspecified atom stereocenters. The van der Waals surface area contributed by atoms with Crippen molar-refractivity contribution in [2.75, 3.05) is 19.6 Å². The molecule has 0 bridgehead atoms. The molecule has 0 saturated carbocycles. The molecule has 3 aliphatic heterocycles. The standard InChI is InChI=1S/C73H64N7O.Pt/c1-70(2,3)47-36-39-75-68(42-47)80-58-29-16-11-24-52(58)53-35-34-51(44-64(53)80)81-50-23-21-22-49(43-50)76-46-77(67-45-74-38-37-63(67)76)69-65(78-59-30-17-12-25-54(59)72(7,8)55-26-13-18-31-60(55)78)40-48(71(4,5)6)41-66(69)79-61-32-19-14-27-56(61)73(9,10)57-28-15-20-33-62(57)79;/h11-42,45-46H,1-10H3;/q-3;. The van der Waals surface area contributed by atoms with Crippen LogP contribution in [0.2, 0.25) is 0 Å². The number of hydrogen-bond donors (Lipinski definition) is 0. The number of aromatic nitrogens is 3. The first kappa shape index (κ1) is 52.9. The summed E-state index contributed by atoms with van der Waals surface area (Å²) in [5.74, 6) is 1.98. The van der Waals surface area contributed by atoms with E-state index >= 15 is 0 Å². The number of anilines is 10. The van der Waals surface area contributed by atoms with Crippen molar-refractivity contribution in [3.8, 4) is 17.3 Å². The molecule has 0 aliphatic carbocycles. The molecule has 82 heavy (non-hydrogen) atoms. The molecule has 11 aromatic rings. The Morgan fingerprint density at radius 1 is 0.463 bits per heavy atom. The molecule has 14 rings (SSSR count). The summed E-state index contributed by atoms with van der Waals surface area (Å²) in [5.41, 5.74) is 19.0. The zero-order valence-electron chi connectivity index (χ0n) is 48.0. The molecule has 0 radical (unpaired) electrons. The van der Waals surface area contributed by atoms with Crippen LogP contribution in [0.1, 0.15) is 103 Å². The second kappa shape index (κ2) is 19.3. The van der Waals surface area contributed by atoms with E-state index in [1.165, 1.54) is 33.4 Å². The Hall–Kier alpha value is -8.45. The summed E-state index contributed by atoms with van der Waals surface area (Å²) >= 11 is 0. The molecule has 8 aromatic carbocycles. The molecule has 0 amide bonds. The Balaban J connectivity index is 0.00000631.